The van der Waals surface area contributed by atoms with E-state index < -0.39 is 42.3 Å². The zero-order valence-corrected chi connectivity index (χ0v) is 21.9. The summed E-state index contributed by atoms with van der Waals surface area (Å²) in [6.45, 7) is -0.813. The van der Waals surface area contributed by atoms with Gasteiger partial charge in [0.2, 0.25) is 17.9 Å². The normalized spacial score (nSPS) is 16.4. The van der Waals surface area contributed by atoms with Gasteiger partial charge in [-0.15, -0.1) is 0 Å². The number of anilines is 1. The molecule has 208 valence electrons. The largest absolute Gasteiger partial charge is 0.364 e. The number of alkyl halides is 1. The fourth-order valence-corrected chi connectivity index (χ4v) is 5.09. The van der Waals surface area contributed by atoms with Gasteiger partial charge in [-0.25, -0.2) is 13.6 Å². The van der Waals surface area contributed by atoms with Crippen molar-refractivity contribution in [3.05, 3.63) is 77.2 Å². The molecule has 4 aromatic rings. The molecule has 5 rings (SSSR count). The van der Waals surface area contributed by atoms with Crippen LogP contribution in [0.2, 0.25) is 5.02 Å². The van der Waals surface area contributed by atoms with Crippen molar-refractivity contribution in [1.29, 1.82) is 0 Å². The molecule has 13 heteroatoms. The van der Waals surface area contributed by atoms with Crippen molar-refractivity contribution in [2.45, 2.75) is 25.2 Å². The molecular formula is C28H21ClF2N6O4. The van der Waals surface area contributed by atoms with Crippen molar-refractivity contribution in [2.75, 3.05) is 11.9 Å². The molecule has 2 heterocycles. The number of fused-ring (bicyclic) bond motifs is 1. The zero-order chi connectivity index (χ0) is 29.3. The number of aliphatic imine (C=N–C) groups is 1. The second-order valence-corrected chi connectivity index (χ2v) is 9.71. The molecule has 1 aliphatic heterocycles. The van der Waals surface area contributed by atoms with Crippen LogP contribution in [-0.4, -0.2) is 57.2 Å². The summed E-state index contributed by atoms with van der Waals surface area (Å²) in [7, 11) is 0. The number of hydrogen-bond acceptors (Lipinski definition) is 6. The Balaban J connectivity index is 1.39. The van der Waals surface area contributed by atoms with Crippen LogP contribution in [0.5, 0.6) is 0 Å². The molecule has 10 nitrogen and oxygen atoms in total. The minimum Gasteiger partial charge on any atom is -0.364 e. The number of likely N-dealkylation sites (tertiary alicyclic amines) is 1. The number of rotatable bonds is 7. The highest BCUT2D eigenvalue weighted by molar-refractivity contribution is 6.33. The molecule has 2 atom stereocenters. The summed E-state index contributed by atoms with van der Waals surface area (Å²) < 4.78 is 31.1. The zero-order valence-electron chi connectivity index (χ0n) is 21.2. The number of carbonyl (C=O) groups excluding carboxylic acids is 4. The molecule has 41 heavy (non-hydrogen) atoms. The van der Waals surface area contributed by atoms with Crippen LogP contribution in [0.25, 0.3) is 22.0 Å². The van der Waals surface area contributed by atoms with E-state index in [2.05, 4.69) is 15.4 Å². The van der Waals surface area contributed by atoms with Gasteiger partial charge in [0.25, 0.3) is 5.91 Å². The van der Waals surface area contributed by atoms with Crippen molar-refractivity contribution in [1.82, 2.24) is 14.7 Å². The van der Waals surface area contributed by atoms with Crippen molar-refractivity contribution in [2.24, 2.45) is 10.7 Å². The maximum atomic E-state index is 15.4. The number of hydrogen-bond donors (Lipinski definition) is 2. The Kier molecular flexibility index (Phi) is 7.60. The number of amides is 3. The minimum absolute atomic E-state index is 0.153. The molecule has 1 aromatic heterocycles. The number of benzene rings is 3. The number of isocyanates is 1. The summed E-state index contributed by atoms with van der Waals surface area (Å²) in [4.78, 5) is 53.7. The van der Waals surface area contributed by atoms with E-state index in [1.807, 2.05) is 0 Å². The Morgan fingerprint density at radius 1 is 1.12 bits per heavy atom. The van der Waals surface area contributed by atoms with Crippen LogP contribution in [0.4, 0.5) is 20.2 Å². The first-order valence-electron chi connectivity index (χ1n) is 12.3. The molecule has 3 aromatic carbocycles. The van der Waals surface area contributed by atoms with Crippen LogP contribution in [0.1, 0.15) is 16.9 Å². The number of nitrogens with one attached hydrogen (secondary N) is 1. The quantitative estimate of drug-likeness (QED) is 0.251. The van der Waals surface area contributed by atoms with Gasteiger partial charge in [0, 0.05) is 28.0 Å². The number of halogens is 3. The number of primary amides is 1. The van der Waals surface area contributed by atoms with E-state index in [1.54, 1.807) is 24.3 Å². The lowest BCUT2D eigenvalue weighted by Crippen LogP contribution is -2.44. The highest BCUT2D eigenvalue weighted by atomic mass is 35.5. The topological polar surface area (TPSA) is 140 Å². The summed E-state index contributed by atoms with van der Waals surface area (Å²) in [6, 6.07) is 14.2. The Morgan fingerprint density at radius 2 is 1.88 bits per heavy atom. The fraction of sp³-hybridized carbons (Fsp3) is 0.179. The van der Waals surface area contributed by atoms with Crippen molar-refractivity contribution in [3.63, 3.8) is 0 Å². The van der Waals surface area contributed by atoms with Crippen molar-refractivity contribution < 1.29 is 28.0 Å². The van der Waals surface area contributed by atoms with E-state index in [1.165, 1.54) is 47.2 Å². The average Bonchev–Trinajstić information content (AvgIpc) is 3.51. The molecular weight excluding hydrogens is 558 g/mol. The minimum atomic E-state index is -1.49. The van der Waals surface area contributed by atoms with Gasteiger partial charge in [0.1, 0.15) is 18.8 Å². The maximum absolute atomic E-state index is 15.4. The maximum Gasteiger partial charge on any atom is 0.269 e. The van der Waals surface area contributed by atoms with Crippen LogP contribution >= 0.6 is 11.6 Å². The summed E-state index contributed by atoms with van der Waals surface area (Å²) >= 11 is 6.21. The van der Waals surface area contributed by atoms with Gasteiger partial charge in [-0.3, -0.25) is 19.1 Å². The molecule has 0 saturated carbocycles. The molecule has 0 spiro atoms. The van der Waals surface area contributed by atoms with Crippen LogP contribution in [0.3, 0.4) is 0 Å². The Labute approximate surface area is 236 Å². The lowest BCUT2D eigenvalue weighted by Gasteiger charge is -2.24. The van der Waals surface area contributed by atoms with Crippen molar-refractivity contribution in [3.8, 4) is 11.1 Å². The van der Waals surface area contributed by atoms with E-state index in [-0.39, 0.29) is 41.0 Å². The Hall–Kier alpha value is -4.93. The highest BCUT2D eigenvalue weighted by Gasteiger charge is 2.40. The van der Waals surface area contributed by atoms with Gasteiger partial charge < -0.3 is 16.0 Å². The SMILES string of the molecule is NC(=O)c1nn(CC(=O)N2C[C@H](F)CC2C(=O)Nc2cccc(-c3ccccc3Cl)c2F)c2ccc(N=C=O)cc12. The first-order valence-corrected chi connectivity index (χ1v) is 12.7. The van der Waals surface area contributed by atoms with Gasteiger partial charge >= 0.3 is 0 Å². The number of nitrogens with two attached hydrogens (primary N) is 1. The first-order chi connectivity index (χ1) is 19.7. The third-order valence-corrected chi connectivity index (χ3v) is 7.05. The van der Waals surface area contributed by atoms with Crippen molar-refractivity contribution >= 4 is 57.7 Å². The Morgan fingerprint density at radius 3 is 2.61 bits per heavy atom. The highest BCUT2D eigenvalue weighted by Crippen LogP contribution is 2.33. The second kappa shape index (κ2) is 11.3. The van der Waals surface area contributed by atoms with Gasteiger partial charge in [0.05, 0.1) is 23.4 Å². The molecule has 1 saturated heterocycles. The molecule has 1 fully saturated rings. The molecule has 3 amide bonds. The lowest BCUT2D eigenvalue weighted by atomic mass is 10.0. The van der Waals surface area contributed by atoms with E-state index in [9.17, 15) is 23.6 Å². The molecule has 0 radical (unpaired) electrons. The average molecular weight is 579 g/mol. The van der Waals surface area contributed by atoms with Gasteiger partial charge in [0.15, 0.2) is 11.5 Å². The van der Waals surface area contributed by atoms with Crippen LogP contribution in [0.15, 0.2) is 65.7 Å². The fourth-order valence-electron chi connectivity index (χ4n) is 4.85. The predicted molar refractivity (Wildman–Crippen MR) is 147 cm³/mol. The molecule has 3 N–H and O–H groups in total. The number of nitrogens with zero attached hydrogens (tertiary/aromatic N) is 4. The second-order valence-electron chi connectivity index (χ2n) is 9.31. The van der Waals surface area contributed by atoms with E-state index in [4.69, 9.17) is 17.3 Å². The molecule has 0 bridgehead atoms. The number of aromatic nitrogens is 2. The van der Waals surface area contributed by atoms with Crippen LogP contribution in [0, 0.1) is 5.82 Å². The first kappa shape index (κ1) is 27.6. The summed E-state index contributed by atoms with van der Waals surface area (Å²) in [5, 5.41) is 7.16. The third kappa shape index (κ3) is 5.43. The Bertz CT molecular complexity index is 1750. The lowest BCUT2D eigenvalue weighted by molar-refractivity contribution is -0.137. The molecule has 1 unspecified atom stereocenters. The monoisotopic (exact) mass is 578 g/mol. The summed E-state index contributed by atoms with van der Waals surface area (Å²) in [5.41, 5.74) is 6.23. The third-order valence-electron chi connectivity index (χ3n) is 6.72. The van der Waals surface area contributed by atoms with Crippen LogP contribution < -0.4 is 11.1 Å². The van der Waals surface area contributed by atoms with E-state index >= 15 is 4.39 Å². The van der Waals surface area contributed by atoms with Crippen LogP contribution in [-0.2, 0) is 20.9 Å². The standard InChI is InChI=1S/C28H21ClF2N6O4/c29-20-6-2-1-4-17(20)18-5-3-7-21(25(18)31)34-28(41)23-10-15(30)12-36(23)24(39)13-37-22-9-8-16(33-14-38)11-19(22)26(35-37)27(32)40/h1-9,11,15,23H,10,12-13H2,(H2,32,40)(H,34,41)/t15-,23?/m1/s1. The van der Waals surface area contributed by atoms with Gasteiger partial charge in [-0.05, 0) is 30.3 Å². The van der Waals surface area contributed by atoms with Gasteiger partial charge in [-0.2, -0.15) is 10.1 Å². The molecule has 0 aliphatic carbocycles. The smallest absolute Gasteiger partial charge is 0.269 e. The predicted octanol–water partition coefficient (Wildman–Crippen LogP) is 4.14. The van der Waals surface area contributed by atoms with Gasteiger partial charge in [-0.1, -0.05) is 41.9 Å². The van der Waals surface area contributed by atoms with E-state index in [0.29, 0.717) is 16.1 Å². The summed E-state index contributed by atoms with van der Waals surface area (Å²) in [5.74, 6) is -3.04. The summed E-state index contributed by atoms with van der Waals surface area (Å²) in [6.07, 6.45) is -0.385. The number of carbonyl (C=O) groups is 3. The molecule has 1 aliphatic rings. The van der Waals surface area contributed by atoms with E-state index in [0.717, 1.165) is 4.90 Å².